The van der Waals surface area contributed by atoms with Gasteiger partial charge in [-0.1, -0.05) is 20.8 Å². The van der Waals surface area contributed by atoms with Crippen LogP contribution in [0.4, 0.5) is 0 Å². The van der Waals surface area contributed by atoms with Gasteiger partial charge in [0.2, 0.25) is 0 Å². The summed E-state index contributed by atoms with van der Waals surface area (Å²) in [6, 6.07) is 0.771. The molecular weight excluding hydrogens is 228 g/mol. The number of nitrogens with one attached hydrogen (secondary N) is 1. The minimum atomic E-state index is 0.771. The predicted molar refractivity (Wildman–Crippen MR) is 79.9 cm³/mol. The molecule has 1 unspecified atom stereocenters. The highest BCUT2D eigenvalue weighted by Crippen LogP contribution is 2.13. The summed E-state index contributed by atoms with van der Waals surface area (Å²) >= 11 is 1.97. The lowest BCUT2D eigenvalue weighted by atomic mass is 10.0. The second kappa shape index (κ2) is 8.39. The van der Waals surface area contributed by atoms with Gasteiger partial charge in [-0.05, 0) is 51.1 Å². The number of likely N-dealkylation sites (tertiary alicyclic amines) is 1. The number of rotatable bonds is 7. The molecule has 0 radical (unpaired) electrons. The van der Waals surface area contributed by atoms with E-state index in [0.717, 1.165) is 17.2 Å². The van der Waals surface area contributed by atoms with Crippen molar-refractivity contribution in [3.05, 3.63) is 0 Å². The Hall–Kier alpha value is 0.270. The van der Waals surface area contributed by atoms with Crippen LogP contribution in [0.15, 0.2) is 0 Å². The molecule has 1 heterocycles. The summed E-state index contributed by atoms with van der Waals surface area (Å²) < 4.78 is 0. The van der Waals surface area contributed by atoms with E-state index in [1.165, 1.54) is 45.4 Å². The molecule has 102 valence electrons. The van der Waals surface area contributed by atoms with Gasteiger partial charge in [-0.3, -0.25) is 0 Å². The highest BCUT2D eigenvalue weighted by atomic mass is 32.2. The number of thioether (sulfide) groups is 1. The maximum absolute atomic E-state index is 3.72. The molecule has 1 rings (SSSR count). The van der Waals surface area contributed by atoms with Gasteiger partial charge in [-0.2, -0.15) is 11.8 Å². The van der Waals surface area contributed by atoms with Crippen LogP contribution < -0.4 is 5.32 Å². The van der Waals surface area contributed by atoms with Crippen LogP contribution in [0.1, 0.15) is 40.0 Å². The van der Waals surface area contributed by atoms with Crippen molar-refractivity contribution in [1.29, 1.82) is 0 Å². The molecule has 1 atom stereocenters. The zero-order valence-corrected chi connectivity index (χ0v) is 12.9. The van der Waals surface area contributed by atoms with Crippen LogP contribution in [0.3, 0.4) is 0 Å². The minimum absolute atomic E-state index is 0.771. The highest BCUT2D eigenvalue weighted by Gasteiger charge is 2.18. The second-order valence-corrected chi connectivity index (χ2v) is 7.03. The van der Waals surface area contributed by atoms with Gasteiger partial charge in [0.15, 0.2) is 0 Å². The van der Waals surface area contributed by atoms with Gasteiger partial charge in [-0.15, -0.1) is 0 Å². The zero-order valence-electron chi connectivity index (χ0n) is 12.0. The van der Waals surface area contributed by atoms with Crippen LogP contribution in [0, 0.1) is 5.92 Å². The molecule has 1 aliphatic heterocycles. The fourth-order valence-corrected chi connectivity index (χ4v) is 2.80. The first-order chi connectivity index (χ1) is 8.11. The Labute approximate surface area is 112 Å². The molecule has 0 aromatic rings. The van der Waals surface area contributed by atoms with E-state index in [9.17, 15) is 0 Å². The summed E-state index contributed by atoms with van der Waals surface area (Å²) in [5, 5.41) is 4.52. The van der Waals surface area contributed by atoms with Crippen molar-refractivity contribution >= 4 is 11.8 Å². The molecule has 0 saturated carbocycles. The normalized spacial score (nSPS) is 21.0. The number of piperidine rings is 1. The number of hydrogen-bond donors (Lipinski definition) is 1. The third kappa shape index (κ3) is 6.68. The SMILES string of the molecule is CSC(C)CCNC1CCN(CC(C)C)CC1. The summed E-state index contributed by atoms with van der Waals surface area (Å²) in [4.78, 5) is 2.62. The van der Waals surface area contributed by atoms with Crippen molar-refractivity contribution in [1.82, 2.24) is 10.2 Å². The van der Waals surface area contributed by atoms with Crippen molar-refractivity contribution < 1.29 is 0 Å². The number of hydrogen-bond acceptors (Lipinski definition) is 3. The smallest absolute Gasteiger partial charge is 0.00914 e. The Balaban J connectivity index is 2.06. The molecule has 0 aliphatic carbocycles. The maximum atomic E-state index is 3.72. The second-order valence-electron chi connectivity index (χ2n) is 5.76. The molecule has 0 bridgehead atoms. The first-order valence-electron chi connectivity index (χ1n) is 7.10. The Morgan fingerprint density at radius 3 is 2.41 bits per heavy atom. The van der Waals surface area contributed by atoms with E-state index < -0.39 is 0 Å². The quantitative estimate of drug-likeness (QED) is 0.756. The van der Waals surface area contributed by atoms with Crippen LogP contribution in [0.5, 0.6) is 0 Å². The van der Waals surface area contributed by atoms with Gasteiger partial charge < -0.3 is 10.2 Å². The van der Waals surface area contributed by atoms with Crippen LogP contribution in [-0.4, -0.2) is 48.6 Å². The Kier molecular flexibility index (Phi) is 7.56. The van der Waals surface area contributed by atoms with Gasteiger partial charge in [0.1, 0.15) is 0 Å². The fourth-order valence-electron chi connectivity index (χ4n) is 2.44. The van der Waals surface area contributed by atoms with Crippen molar-refractivity contribution in [2.75, 3.05) is 32.4 Å². The van der Waals surface area contributed by atoms with E-state index >= 15 is 0 Å². The van der Waals surface area contributed by atoms with E-state index in [0.29, 0.717) is 0 Å². The minimum Gasteiger partial charge on any atom is -0.314 e. The average molecular weight is 258 g/mol. The van der Waals surface area contributed by atoms with Crippen molar-refractivity contribution in [3.63, 3.8) is 0 Å². The molecular formula is C14H30N2S. The summed E-state index contributed by atoms with van der Waals surface area (Å²) in [7, 11) is 0. The van der Waals surface area contributed by atoms with Crippen LogP contribution >= 0.6 is 11.8 Å². The lowest BCUT2D eigenvalue weighted by Gasteiger charge is -2.33. The van der Waals surface area contributed by atoms with Crippen LogP contribution in [0.2, 0.25) is 0 Å². The first kappa shape index (κ1) is 15.3. The molecule has 1 aliphatic rings. The van der Waals surface area contributed by atoms with Gasteiger partial charge in [0.25, 0.3) is 0 Å². The van der Waals surface area contributed by atoms with E-state index in [4.69, 9.17) is 0 Å². The Bertz CT molecular complexity index is 189. The predicted octanol–water partition coefficient (Wildman–Crippen LogP) is 2.84. The van der Waals surface area contributed by atoms with E-state index in [1.54, 1.807) is 0 Å². The summed E-state index contributed by atoms with van der Waals surface area (Å²) in [6.45, 7) is 12.0. The maximum Gasteiger partial charge on any atom is 0.00914 e. The highest BCUT2D eigenvalue weighted by molar-refractivity contribution is 7.99. The van der Waals surface area contributed by atoms with Gasteiger partial charge in [0, 0.05) is 17.8 Å². The summed E-state index contributed by atoms with van der Waals surface area (Å²) in [5.41, 5.74) is 0. The third-order valence-corrected chi connectivity index (χ3v) is 4.64. The molecule has 0 amide bonds. The zero-order chi connectivity index (χ0) is 12.7. The Morgan fingerprint density at radius 2 is 1.88 bits per heavy atom. The largest absolute Gasteiger partial charge is 0.314 e. The average Bonchev–Trinajstić information content (AvgIpc) is 2.30. The topological polar surface area (TPSA) is 15.3 Å². The van der Waals surface area contributed by atoms with Gasteiger partial charge in [0.05, 0.1) is 0 Å². The van der Waals surface area contributed by atoms with E-state index in [1.807, 2.05) is 11.8 Å². The standard InChI is InChI=1S/C14H30N2S/c1-12(2)11-16-9-6-14(7-10-16)15-8-5-13(3)17-4/h12-15H,5-11H2,1-4H3. The summed E-state index contributed by atoms with van der Waals surface area (Å²) in [5.74, 6) is 0.807. The van der Waals surface area contributed by atoms with Crippen LogP contribution in [0.25, 0.3) is 0 Å². The van der Waals surface area contributed by atoms with Crippen LogP contribution in [-0.2, 0) is 0 Å². The monoisotopic (exact) mass is 258 g/mol. The van der Waals surface area contributed by atoms with Crippen molar-refractivity contribution in [3.8, 4) is 0 Å². The number of nitrogens with zero attached hydrogens (tertiary/aromatic N) is 1. The van der Waals surface area contributed by atoms with E-state index in [-0.39, 0.29) is 0 Å². The molecule has 0 aromatic heterocycles. The molecule has 1 fully saturated rings. The Morgan fingerprint density at radius 1 is 1.24 bits per heavy atom. The molecule has 1 saturated heterocycles. The summed E-state index contributed by atoms with van der Waals surface area (Å²) in [6.07, 6.45) is 6.17. The molecule has 2 nitrogen and oxygen atoms in total. The lowest BCUT2D eigenvalue weighted by molar-refractivity contribution is 0.180. The van der Waals surface area contributed by atoms with Gasteiger partial charge >= 0.3 is 0 Å². The van der Waals surface area contributed by atoms with E-state index in [2.05, 4.69) is 37.2 Å². The first-order valence-corrected chi connectivity index (χ1v) is 8.39. The fraction of sp³-hybridized carbons (Fsp3) is 1.00. The van der Waals surface area contributed by atoms with Gasteiger partial charge in [-0.25, -0.2) is 0 Å². The molecule has 0 aromatic carbocycles. The molecule has 1 N–H and O–H groups in total. The molecule has 3 heteroatoms. The molecule has 17 heavy (non-hydrogen) atoms. The van der Waals surface area contributed by atoms with Crippen molar-refractivity contribution in [2.45, 2.75) is 51.3 Å². The third-order valence-electron chi connectivity index (χ3n) is 3.60. The molecule has 0 spiro atoms. The lowest BCUT2D eigenvalue weighted by Crippen LogP contribution is -2.44. The van der Waals surface area contributed by atoms with Crippen molar-refractivity contribution in [2.24, 2.45) is 5.92 Å².